The molecule has 3 aliphatic rings. The molecule has 1 N–H and O–H groups in total. The van der Waals surface area contributed by atoms with Gasteiger partial charge in [0.2, 0.25) is 5.56 Å². The Hall–Kier alpha value is -3.95. The van der Waals surface area contributed by atoms with Gasteiger partial charge in [0, 0.05) is 42.5 Å². The third-order valence-electron chi connectivity index (χ3n) is 6.55. The molecule has 0 unspecified atom stereocenters. The van der Waals surface area contributed by atoms with Crippen LogP contribution in [0.3, 0.4) is 0 Å². The Balaban J connectivity index is 1.76. The van der Waals surface area contributed by atoms with Crippen LogP contribution in [0, 0.1) is 12.7 Å². The summed E-state index contributed by atoms with van der Waals surface area (Å²) in [7, 11) is 1.69. The largest absolute Gasteiger partial charge is 0.364 e. The monoisotopic (exact) mass is 508 g/mol. The molecule has 0 saturated heterocycles. The van der Waals surface area contributed by atoms with Crippen molar-refractivity contribution >= 4 is 5.82 Å². The van der Waals surface area contributed by atoms with E-state index < -0.39 is 23.8 Å². The summed E-state index contributed by atoms with van der Waals surface area (Å²) in [5.74, 6) is 1.02. The lowest BCUT2D eigenvalue weighted by molar-refractivity contribution is 0.146. The molecule has 1 atom stereocenters. The highest BCUT2D eigenvalue weighted by molar-refractivity contribution is 5.82. The minimum Gasteiger partial charge on any atom is -0.364 e. The molecule has 0 radical (unpaired) electrons. The van der Waals surface area contributed by atoms with Crippen molar-refractivity contribution in [3.8, 4) is 22.5 Å². The molecule has 1 aromatic carbocycles. The molecule has 4 heterocycles. The van der Waals surface area contributed by atoms with Crippen molar-refractivity contribution in [3.05, 3.63) is 81.2 Å². The van der Waals surface area contributed by atoms with E-state index in [9.17, 15) is 18.0 Å². The van der Waals surface area contributed by atoms with Crippen LogP contribution in [-0.2, 0) is 13.6 Å². The van der Waals surface area contributed by atoms with Crippen LogP contribution in [0.2, 0.25) is 0 Å². The second kappa shape index (κ2) is 8.86. The van der Waals surface area contributed by atoms with Crippen molar-refractivity contribution in [1.82, 2.24) is 19.1 Å². The molecule has 0 fully saturated rings. The fourth-order valence-electron chi connectivity index (χ4n) is 4.78. The first kappa shape index (κ1) is 24.7. The quantitative estimate of drug-likeness (QED) is 0.421. The number of rotatable bonds is 4. The first-order valence-corrected chi connectivity index (χ1v) is 11.9. The van der Waals surface area contributed by atoms with Crippen molar-refractivity contribution in [2.24, 2.45) is 12.0 Å². The highest BCUT2D eigenvalue weighted by Gasteiger charge is 2.33. The number of nitrogens with one attached hydrogen (secondary N) is 1. The average molecular weight is 509 g/mol. The molecule has 192 valence electrons. The number of hydrogen-bond acceptors (Lipinski definition) is 5. The number of hydrogen-bond donors (Lipinski definition) is 1. The Bertz CT molecular complexity index is 1620. The van der Waals surface area contributed by atoms with Gasteiger partial charge >= 0.3 is 0 Å². The smallest absolute Gasteiger partial charge is 0.266 e. The molecule has 1 aromatic heterocycles. The highest BCUT2D eigenvalue weighted by Crippen LogP contribution is 2.40. The topological polar surface area (TPSA) is 77.1 Å². The fraction of sp³-hybridized carbons (Fsp3) is 0.333. The lowest BCUT2D eigenvalue weighted by Crippen LogP contribution is -2.28. The molecule has 7 nitrogen and oxygen atoms in total. The third kappa shape index (κ3) is 4.41. The molecule has 2 aromatic rings. The number of pyridine rings is 2. The molecule has 3 aliphatic heterocycles. The lowest BCUT2D eigenvalue weighted by Gasteiger charge is -2.19. The Morgan fingerprint density at radius 2 is 1.84 bits per heavy atom. The predicted octanol–water partition coefficient (Wildman–Crippen LogP) is 5.00. The number of aryl methyl sites for hydroxylation is 2. The van der Waals surface area contributed by atoms with Crippen LogP contribution in [0.5, 0.6) is 0 Å². The van der Waals surface area contributed by atoms with Gasteiger partial charge in [-0.25, -0.2) is 23.1 Å². The van der Waals surface area contributed by atoms with E-state index in [-0.39, 0.29) is 16.7 Å². The number of nitrogens with zero attached hydrogens (tertiary/aromatic N) is 5. The summed E-state index contributed by atoms with van der Waals surface area (Å²) in [4.78, 5) is 25.9. The van der Waals surface area contributed by atoms with Crippen LogP contribution in [0.15, 0.2) is 52.4 Å². The van der Waals surface area contributed by atoms with E-state index in [1.54, 1.807) is 33.2 Å². The van der Waals surface area contributed by atoms with Gasteiger partial charge in [-0.1, -0.05) is 18.2 Å². The molecule has 37 heavy (non-hydrogen) atoms. The summed E-state index contributed by atoms with van der Waals surface area (Å²) in [6.07, 6.45) is -1.16. The van der Waals surface area contributed by atoms with Crippen molar-refractivity contribution in [2.75, 3.05) is 5.32 Å². The second-order valence-electron chi connectivity index (χ2n) is 10.1. The average Bonchev–Trinajstić information content (AvgIpc) is 3.15. The summed E-state index contributed by atoms with van der Waals surface area (Å²) >= 11 is 0. The zero-order chi connectivity index (χ0) is 26.6. The van der Waals surface area contributed by atoms with Crippen LogP contribution in [0.4, 0.5) is 19.0 Å². The summed E-state index contributed by atoms with van der Waals surface area (Å²) in [5, 5.41) is 3.56. The predicted molar refractivity (Wildman–Crippen MR) is 135 cm³/mol. The van der Waals surface area contributed by atoms with Gasteiger partial charge in [-0.15, -0.1) is 0 Å². The van der Waals surface area contributed by atoms with Gasteiger partial charge in [-0.05, 0) is 39.8 Å². The van der Waals surface area contributed by atoms with Gasteiger partial charge in [0.05, 0.1) is 22.7 Å². The number of alkyl halides is 2. The molecule has 0 aliphatic carbocycles. The van der Waals surface area contributed by atoms with Crippen LogP contribution in [0.25, 0.3) is 22.5 Å². The Morgan fingerprint density at radius 1 is 1.11 bits per heavy atom. The van der Waals surface area contributed by atoms with E-state index >= 15 is 0 Å². The molecule has 0 bridgehead atoms. The molecule has 10 heteroatoms. The van der Waals surface area contributed by atoms with E-state index in [1.165, 1.54) is 22.8 Å². The first-order chi connectivity index (χ1) is 17.4. The Morgan fingerprint density at radius 3 is 2.54 bits per heavy atom. The normalized spacial score (nSPS) is 15.8. The van der Waals surface area contributed by atoms with Gasteiger partial charge in [0.15, 0.2) is 5.49 Å². The minimum absolute atomic E-state index is 0.0668. The number of aromatic nitrogens is 4. The highest BCUT2D eigenvalue weighted by atomic mass is 19.3. The number of fused-ring (bicyclic) bond motifs is 3. The van der Waals surface area contributed by atoms with Crippen LogP contribution < -0.4 is 16.4 Å². The number of benzene rings is 1. The van der Waals surface area contributed by atoms with Crippen LogP contribution in [-0.4, -0.2) is 24.6 Å². The van der Waals surface area contributed by atoms with E-state index in [0.717, 1.165) is 23.0 Å². The van der Waals surface area contributed by atoms with Gasteiger partial charge < -0.3 is 14.5 Å². The van der Waals surface area contributed by atoms with E-state index in [2.05, 4.69) is 33.7 Å². The first-order valence-electron chi connectivity index (χ1n) is 11.9. The Labute approximate surface area is 211 Å². The van der Waals surface area contributed by atoms with Crippen LogP contribution in [0.1, 0.15) is 50.2 Å². The maximum absolute atomic E-state index is 14.9. The zero-order valence-corrected chi connectivity index (χ0v) is 21.2. The molecular formula is C27H27F3N6O. The van der Waals surface area contributed by atoms with Gasteiger partial charge in [-0.2, -0.15) is 0 Å². The summed E-state index contributed by atoms with van der Waals surface area (Å²) in [5.41, 5.74) is 1.64. The van der Waals surface area contributed by atoms with Gasteiger partial charge in [0.1, 0.15) is 23.3 Å². The van der Waals surface area contributed by atoms with Crippen molar-refractivity contribution in [1.29, 1.82) is 0 Å². The summed E-state index contributed by atoms with van der Waals surface area (Å²) in [6.45, 7) is 8.18. The molecule has 0 spiro atoms. The maximum Gasteiger partial charge on any atom is 0.266 e. The van der Waals surface area contributed by atoms with Crippen molar-refractivity contribution in [2.45, 2.75) is 52.2 Å². The summed E-state index contributed by atoms with van der Waals surface area (Å²) < 4.78 is 45.0. The minimum atomic E-state index is -2.92. The SMILES string of the molecule is Cc1nc2n3c(c(-c4ccc(=O)n(C)c4)cc-2c(=N[C@H](C)c2cccc(C(F)F)c2F)n1)NC(C)(C)C3. The molecular weight excluding hydrogens is 481 g/mol. The van der Waals surface area contributed by atoms with E-state index in [1.807, 2.05) is 6.07 Å². The van der Waals surface area contributed by atoms with Crippen LogP contribution >= 0.6 is 0 Å². The second-order valence-corrected chi connectivity index (χ2v) is 10.1. The number of halogens is 3. The van der Waals surface area contributed by atoms with E-state index in [0.29, 0.717) is 29.2 Å². The molecule has 0 amide bonds. The third-order valence-corrected chi connectivity index (χ3v) is 6.55. The summed E-state index contributed by atoms with van der Waals surface area (Å²) in [6, 6.07) is 8.35. The molecule has 5 rings (SSSR count). The molecule has 0 saturated carbocycles. The fourth-order valence-corrected chi connectivity index (χ4v) is 4.78. The Kier molecular flexibility index (Phi) is 5.92. The van der Waals surface area contributed by atoms with Crippen molar-refractivity contribution < 1.29 is 13.2 Å². The van der Waals surface area contributed by atoms with Gasteiger partial charge in [0.25, 0.3) is 6.43 Å². The zero-order valence-electron chi connectivity index (χ0n) is 21.2. The van der Waals surface area contributed by atoms with E-state index in [4.69, 9.17) is 4.98 Å². The number of anilines is 1. The standard InChI is InChI=1S/C27H27F3N6O/c1-14(17-7-6-8-18(22(17)28)23(29)30)31-24-20-11-19(16-9-10-21(37)35(5)12-16)26-34-27(3,4)13-36(26)25(20)33-15(2)32-24/h6-12,14,23,34H,13H2,1-5H3/t14-/m1/s1. The van der Waals surface area contributed by atoms with Crippen molar-refractivity contribution in [3.63, 3.8) is 0 Å². The van der Waals surface area contributed by atoms with Gasteiger partial charge in [-0.3, -0.25) is 9.79 Å². The maximum atomic E-state index is 14.9. The lowest BCUT2D eigenvalue weighted by atomic mass is 10.0.